The van der Waals surface area contributed by atoms with Crippen LogP contribution in [0.2, 0.25) is 0 Å². The minimum atomic E-state index is -0.860. The Morgan fingerprint density at radius 3 is 2.70 bits per heavy atom. The first-order valence-corrected chi connectivity index (χ1v) is 6.46. The number of aliphatic hydroxyl groups is 1. The highest BCUT2D eigenvalue weighted by Crippen LogP contribution is 2.31. The van der Waals surface area contributed by atoms with Crippen LogP contribution >= 0.6 is 0 Å². The van der Waals surface area contributed by atoms with Gasteiger partial charge in [0.25, 0.3) is 0 Å². The fourth-order valence-electron chi connectivity index (χ4n) is 2.42. The maximum atomic E-state index is 13.7. The van der Waals surface area contributed by atoms with Crippen molar-refractivity contribution < 1.29 is 19.0 Å². The van der Waals surface area contributed by atoms with Crippen molar-refractivity contribution in [2.24, 2.45) is 0 Å². The minimum absolute atomic E-state index is 0.170. The Morgan fingerprint density at radius 2 is 1.95 bits per heavy atom. The van der Waals surface area contributed by atoms with E-state index in [1.165, 1.54) is 19.2 Å². The van der Waals surface area contributed by atoms with E-state index in [-0.39, 0.29) is 5.75 Å². The van der Waals surface area contributed by atoms with Crippen molar-refractivity contribution in [1.29, 1.82) is 0 Å². The van der Waals surface area contributed by atoms with Gasteiger partial charge in [-0.3, -0.25) is 0 Å². The van der Waals surface area contributed by atoms with Crippen LogP contribution in [-0.2, 0) is 6.42 Å². The molecule has 3 rings (SSSR count). The second kappa shape index (κ2) is 5.13. The fraction of sp³-hybridized carbons (Fsp3) is 0.250. The van der Waals surface area contributed by atoms with Gasteiger partial charge in [0.2, 0.25) is 0 Å². The molecule has 4 heteroatoms. The van der Waals surface area contributed by atoms with Gasteiger partial charge in [0.15, 0.2) is 11.6 Å². The van der Waals surface area contributed by atoms with E-state index >= 15 is 0 Å². The molecule has 0 fully saturated rings. The molecule has 104 valence electrons. The smallest absolute Gasteiger partial charge is 0.165 e. The molecule has 0 aromatic heterocycles. The average molecular weight is 274 g/mol. The maximum Gasteiger partial charge on any atom is 0.165 e. The van der Waals surface area contributed by atoms with Gasteiger partial charge in [0.05, 0.1) is 13.7 Å². The molecule has 0 radical (unpaired) electrons. The Hall–Kier alpha value is -2.07. The van der Waals surface area contributed by atoms with Crippen LogP contribution in [0.1, 0.15) is 22.8 Å². The molecule has 0 saturated carbocycles. The van der Waals surface area contributed by atoms with Crippen molar-refractivity contribution in [3.63, 3.8) is 0 Å². The molecular weight excluding hydrogens is 259 g/mol. The number of aliphatic hydroxyl groups excluding tert-OH is 1. The number of halogens is 1. The molecule has 1 aliphatic rings. The second-order valence-corrected chi connectivity index (χ2v) is 4.76. The number of fused-ring (bicyclic) bond motifs is 1. The van der Waals surface area contributed by atoms with Crippen molar-refractivity contribution in [2.75, 3.05) is 13.7 Å². The Bertz CT molecular complexity index is 640. The summed E-state index contributed by atoms with van der Waals surface area (Å²) in [7, 11) is 1.41. The summed E-state index contributed by atoms with van der Waals surface area (Å²) in [5, 5.41) is 10.4. The van der Waals surface area contributed by atoms with E-state index in [1.807, 2.05) is 12.1 Å². The van der Waals surface area contributed by atoms with Crippen molar-refractivity contribution in [2.45, 2.75) is 12.5 Å². The molecule has 2 aromatic carbocycles. The molecule has 0 saturated heterocycles. The number of hydrogen-bond donors (Lipinski definition) is 1. The zero-order chi connectivity index (χ0) is 14.1. The molecule has 0 spiro atoms. The van der Waals surface area contributed by atoms with E-state index in [9.17, 15) is 9.50 Å². The molecule has 0 aliphatic carbocycles. The highest BCUT2D eigenvalue weighted by atomic mass is 19.1. The van der Waals surface area contributed by atoms with Crippen LogP contribution in [-0.4, -0.2) is 18.8 Å². The van der Waals surface area contributed by atoms with E-state index in [2.05, 4.69) is 0 Å². The Labute approximate surface area is 116 Å². The fourth-order valence-corrected chi connectivity index (χ4v) is 2.42. The zero-order valence-electron chi connectivity index (χ0n) is 11.1. The lowest BCUT2D eigenvalue weighted by molar-refractivity contribution is 0.219. The van der Waals surface area contributed by atoms with Crippen LogP contribution in [0.15, 0.2) is 36.4 Å². The summed E-state index contributed by atoms with van der Waals surface area (Å²) in [5.41, 5.74) is 2.32. The van der Waals surface area contributed by atoms with Gasteiger partial charge in [-0.25, -0.2) is 4.39 Å². The predicted octanol–water partition coefficient (Wildman–Crippen LogP) is 2.85. The lowest BCUT2D eigenvalue weighted by atomic mass is 9.99. The van der Waals surface area contributed by atoms with Crippen LogP contribution in [0.4, 0.5) is 4.39 Å². The summed E-state index contributed by atoms with van der Waals surface area (Å²) in [6, 6.07) is 10.0. The SMILES string of the molecule is COc1ccc(C(O)c2ccc3c(c2)CCO3)cc1F. The molecule has 0 bridgehead atoms. The van der Waals surface area contributed by atoms with Crippen molar-refractivity contribution in [3.8, 4) is 11.5 Å². The molecule has 2 aromatic rings. The van der Waals surface area contributed by atoms with Crippen LogP contribution in [0.5, 0.6) is 11.5 Å². The molecule has 1 unspecified atom stereocenters. The Balaban J connectivity index is 1.92. The Kier molecular flexibility index (Phi) is 3.32. The monoisotopic (exact) mass is 274 g/mol. The number of ether oxygens (including phenoxy) is 2. The molecule has 1 aliphatic heterocycles. The minimum Gasteiger partial charge on any atom is -0.494 e. The molecule has 1 heterocycles. The number of methoxy groups -OCH3 is 1. The summed E-state index contributed by atoms with van der Waals surface area (Å²) in [5.74, 6) is 0.554. The number of hydrogen-bond acceptors (Lipinski definition) is 3. The predicted molar refractivity (Wildman–Crippen MR) is 72.7 cm³/mol. The van der Waals surface area contributed by atoms with Gasteiger partial charge >= 0.3 is 0 Å². The van der Waals surface area contributed by atoms with Crippen LogP contribution in [0, 0.1) is 5.82 Å². The molecule has 20 heavy (non-hydrogen) atoms. The van der Waals surface area contributed by atoms with Gasteiger partial charge in [-0.15, -0.1) is 0 Å². The van der Waals surface area contributed by atoms with E-state index in [4.69, 9.17) is 9.47 Å². The zero-order valence-corrected chi connectivity index (χ0v) is 11.1. The highest BCUT2D eigenvalue weighted by Gasteiger charge is 2.17. The molecule has 1 N–H and O–H groups in total. The highest BCUT2D eigenvalue weighted by molar-refractivity contribution is 5.43. The first-order valence-electron chi connectivity index (χ1n) is 6.46. The number of benzene rings is 2. The van der Waals surface area contributed by atoms with Gasteiger partial charge in [-0.05, 0) is 41.0 Å². The van der Waals surface area contributed by atoms with Crippen LogP contribution in [0.25, 0.3) is 0 Å². The van der Waals surface area contributed by atoms with Gasteiger partial charge in [-0.1, -0.05) is 12.1 Å². The van der Waals surface area contributed by atoms with Gasteiger partial charge in [0.1, 0.15) is 11.9 Å². The van der Waals surface area contributed by atoms with Crippen molar-refractivity contribution in [1.82, 2.24) is 0 Å². The normalized spacial score (nSPS) is 14.6. The third kappa shape index (κ3) is 2.23. The van der Waals surface area contributed by atoms with Gasteiger partial charge in [-0.2, -0.15) is 0 Å². The standard InChI is InChI=1S/C16H15FO3/c1-19-15-5-3-12(9-13(15)17)16(18)11-2-4-14-10(8-11)6-7-20-14/h2-5,8-9,16,18H,6-7H2,1H3. The third-order valence-corrected chi connectivity index (χ3v) is 3.52. The Morgan fingerprint density at radius 1 is 1.20 bits per heavy atom. The van der Waals surface area contributed by atoms with E-state index in [0.29, 0.717) is 12.2 Å². The largest absolute Gasteiger partial charge is 0.494 e. The van der Waals surface area contributed by atoms with Crippen LogP contribution in [0.3, 0.4) is 0 Å². The van der Waals surface area contributed by atoms with Crippen molar-refractivity contribution >= 4 is 0 Å². The molecule has 0 amide bonds. The lowest BCUT2D eigenvalue weighted by Crippen LogP contribution is -2.01. The lowest BCUT2D eigenvalue weighted by Gasteiger charge is -2.13. The first kappa shape index (κ1) is 12.9. The van der Waals surface area contributed by atoms with Gasteiger partial charge in [0, 0.05) is 6.42 Å². The number of rotatable bonds is 3. The van der Waals surface area contributed by atoms with E-state index in [1.54, 1.807) is 12.1 Å². The maximum absolute atomic E-state index is 13.7. The third-order valence-electron chi connectivity index (χ3n) is 3.52. The average Bonchev–Trinajstić information content (AvgIpc) is 2.93. The van der Waals surface area contributed by atoms with Crippen LogP contribution < -0.4 is 9.47 Å². The molecule has 1 atom stereocenters. The molecular formula is C16H15FO3. The van der Waals surface area contributed by atoms with E-state index < -0.39 is 11.9 Å². The summed E-state index contributed by atoms with van der Waals surface area (Å²) in [6.07, 6.45) is -0.0198. The first-order chi connectivity index (χ1) is 9.69. The second-order valence-electron chi connectivity index (χ2n) is 4.76. The van der Waals surface area contributed by atoms with Gasteiger partial charge < -0.3 is 14.6 Å². The summed E-state index contributed by atoms with van der Waals surface area (Å²) in [6.45, 7) is 0.673. The van der Waals surface area contributed by atoms with E-state index in [0.717, 1.165) is 23.3 Å². The summed E-state index contributed by atoms with van der Waals surface area (Å²) < 4.78 is 24.0. The summed E-state index contributed by atoms with van der Waals surface area (Å²) >= 11 is 0. The topological polar surface area (TPSA) is 38.7 Å². The summed E-state index contributed by atoms with van der Waals surface area (Å²) in [4.78, 5) is 0. The quantitative estimate of drug-likeness (QED) is 0.935. The van der Waals surface area contributed by atoms with Crippen molar-refractivity contribution in [3.05, 3.63) is 58.9 Å². The molecule has 3 nitrogen and oxygen atoms in total.